The van der Waals surface area contributed by atoms with Crippen molar-refractivity contribution in [2.24, 2.45) is 11.8 Å². The van der Waals surface area contributed by atoms with Crippen LogP contribution in [0.2, 0.25) is 0 Å². The average Bonchev–Trinajstić information content (AvgIpc) is 2.62. The molecule has 2 heterocycles. The lowest BCUT2D eigenvalue weighted by Crippen LogP contribution is -2.47. The molecule has 1 saturated heterocycles. The van der Waals surface area contributed by atoms with Crippen molar-refractivity contribution in [1.29, 1.82) is 0 Å². The number of benzene rings is 1. The molecule has 0 radical (unpaired) electrons. The lowest BCUT2D eigenvalue weighted by atomic mass is 9.75. The summed E-state index contributed by atoms with van der Waals surface area (Å²) in [5.41, 5.74) is 0.675. The topological polar surface area (TPSA) is 58.6 Å². The van der Waals surface area contributed by atoms with Crippen LogP contribution in [0.3, 0.4) is 0 Å². The number of carbonyl (C=O) groups is 2. The van der Waals surface area contributed by atoms with Crippen molar-refractivity contribution >= 4 is 17.5 Å². The van der Waals surface area contributed by atoms with Crippen LogP contribution >= 0.6 is 0 Å². The summed E-state index contributed by atoms with van der Waals surface area (Å²) in [5, 5.41) is 2.83. The third kappa shape index (κ3) is 2.99. The molecule has 2 fully saturated rings. The number of amides is 2. The molecule has 1 N–H and O–H groups in total. The summed E-state index contributed by atoms with van der Waals surface area (Å²) in [7, 11) is 0. The number of nitrogens with zero attached hydrogens (tertiary/aromatic N) is 1. The second-order valence-electron chi connectivity index (χ2n) is 7.23. The molecular formula is C19H24N2O3. The summed E-state index contributed by atoms with van der Waals surface area (Å²) in [6.07, 6.45) is 5.68. The maximum atomic E-state index is 12.7. The van der Waals surface area contributed by atoms with E-state index in [4.69, 9.17) is 4.74 Å². The van der Waals surface area contributed by atoms with E-state index >= 15 is 0 Å². The van der Waals surface area contributed by atoms with Crippen molar-refractivity contribution in [3.63, 3.8) is 0 Å². The molecule has 2 aliphatic heterocycles. The maximum absolute atomic E-state index is 12.7. The Morgan fingerprint density at radius 1 is 1.17 bits per heavy atom. The van der Waals surface area contributed by atoms with E-state index < -0.39 is 6.10 Å². The van der Waals surface area contributed by atoms with Gasteiger partial charge in [-0.3, -0.25) is 9.59 Å². The first kappa shape index (κ1) is 15.5. The number of para-hydroxylation sites is 2. The van der Waals surface area contributed by atoms with Crippen LogP contribution < -0.4 is 10.1 Å². The lowest BCUT2D eigenvalue weighted by Gasteiger charge is -2.41. The molecule has 0 unspecified atom stereocenters. The molecular weight excluding hydrogens is 304 g/mol. The Bertz CT molecular complexity index is 645. The van der Waals surface area contributed by atoms with E-state index in [0.29, 0.717) is 17.4 Å². The smallest absolute Gasteiger partial charge is 0.266 e. The number of hydrogen-bond acceptors (Lipinski definition) is 3. The number of hydrogen-bond donors (Lipinski definition) is 1. The minimum atomic E-state index is -0.725. The van der Waals surface area contributed by atoms with Gasteiger partial charge in [0, 0.05) is 13.1 Å². The van der Waals surface area contributed by atoms with E-state index in [-0.39, 0.29) is 18.2 Å². The maximum Gasteiger partial charge on any atom is 0.266 e. The van der Waals surface area contributed by atoms with Crippen LogP contribution in [0.5, 0.6) is 5.75 Å². The number of carbonyl (C=O) groups excluding carboxylic acids is 2. The van der Waals surface area contributed by atoms with Crippen molar-refractivity contribution in [2.45, 2.75) is 44.6 Å². The molecule has 128 valence electrons. The van der Waals surface area contributed by atoms with E-state index in [0.717, 1.165) is 25.4 Å². The van der Waals surface area contributed by atoms with E-state index in [1.807, 2.05) is 23.1 Å². The monoisotopic (exact) mass is 328 g/mol. The molecule has 0 spiro atoms. The minimum absolute atomic E-state index is 0.0403. The van der Waals surface area contributed by atoms with Crippen LogP contribution in [-0.2, 0) is 9.59 Å². The van der Waals surface area contributed by atoms with Gasteiger partial charge in [0.05, 0.1) is 12.1 Å². The second-order valence-corrected chi connectivity index (χ2v) is 7.23. The standard InChI is InChI=1S/C19H24N2O3/c22-18(21-10-9-13-5-1-2-6-14(13)12-21)11-17-19(23)20-15-7-3-4-8-16(15)24-17/h3-4,7-8,13-14,17H,1-2,5-6,9-12H2,(H,20,23)/t13-,14+,17-/m0/s1. The number of likely N-dealkylation sites (tertiary alicyclic amines) is 1. The third-order valence-corrected chi connectivity index (χ3v) is 5.71. The van der Waals surface area contributed by atoms with Gasteiger partial charge < -0.3 is 15.0 Å². The van der Waals surface area contributed by atoms with Gasteiger partial charge in [-0.1, -0.05) is 31.4 Å². The Balaban J connectivity index is 1.38. The highest BCUT2D eigenvalue weighted by atomic mass is 16.5. The molecule has 1 saturated carbocycles. The number of nitrogens with one attached hydrogen (secondary N) is 1. The van der Waals surface area contributed by atoms with Gasteiger partial charge in [0.25, 0.3) is 5.91 Å². The molecule has 5 heteroatoms. The zero-order valence-electron chi connectivity index (χ0n) is 13.9. The molecule has 2 amide bonds. The average molecular weight is 328 g/mol. The van der Waals surface area contributed by atoms with Gasteiger partial charge in [-0.2, -0.15) is 0 Å². The normalized spacial score (nSPS) is 29.1. The SMILES string of the molecule is O=C1Nc2ccccc2O[C@H]1CC(=O)N1CC[C@@H]2CCCC[C@@H]2C1. The summed E-state index contributed by atoms with van der Waals surface area (Å²) >= 11 is 0. The van der Waals surface area contributed by atoms with Crippen LogP contribution in [0.25, 0.3) is 0 Å². The van der Waals surface area contributed by atoms with Gasteiger partial charge in [-0.15, -0.1) is 0 Å². The summed E-state index contributed by atoms with van der Waals surface area (Å²) in [6, 6.07) is 7.34. The fourth-order valence-corrected chi connectivity index (χ4v) is 4.34. The van der Waals surface area contributed by atoms with Crippen molar-refractivity contribution in [3.8, 4) is 5.75 Å². The Kier molecular flexibility index (Phi) is 4.17. The fraction of sp³-hybridized carbons (Fsp3) is 0.579. The Labute approximate surface area is 142 Å². The summed E-state index contributed by atoms with van der Waals surface area (Å²) < 4.78 is 5.75. The van der Waals surface area contributed by atoms with Gasteiger partial charge in [-0.05, 0) is 36.8 Å². The first-order valence-electron chi connectivity index (χ1n) is 9.05. The first-order valence-corrected chi connectivity index (χ1v) is 9.05. The predicted octanol–water partition coefficient (Wildman–Crippen LogP) is 2.81. The van der Waals surface area contributed by atoms with Gasteiger partial charge >= 0.3 is 0 Å². The molecule has 4 rings (SSSR count). The summed E-state index contributed by atoms with van der Waals surface area (Å²) in [6.45, 7) is 1.68. The summed E-state index contributed by atoms with van der Waals surface area (Å²) in [4.78, 5) is 26.8. The molecule has 1 aliphatic carbocycles. The van der Waals surface area contributed by atoms with E-state index in [1.54, 1.807) is 6.07 Å². The first-order chi connectivity index (χ1) is 11.7. The van der Waals surface area contributed by atoms with Crippen LogP contribution in [0.4, 0.5) is 5.69 Å². The molecule has 0 bridgehead atoms. The van der Waals surface area contributed by atoms with Crippen molar-refractivity contribution < 1.29 is 14.3 Å². The van der Waals surface area contributed by atoms with Gasteiger partial charge in [0.1, 0.15) is 5.75 Å². The highest BCUT2D eigenvalue weighted by Gasteiger charge is 2.35. The Morgan fingerprint density at radius 2 is 1.96 bits per heavy atom. The van der Waals surface area contributed by atoms with Crippen LogP contribution in [-0.4, -0.2) is 35.9 Å². The van der Waals surface area contributed by atoms with Crippen LogP contribution in [0.1, 0.15) is 38.5 Å². The molecule has 1 aromatic carbocycles. The number of fused-ring (bicyclic) bond motifs is 2. The molecule has 0 aromatic heterocycles. The quantitative estimate of drug-likeness (QED) is 0.908. The highest BCUT2D eigenvalue weighted by Crippen LogP contribution is 2.36. The zero-order valence-corrected chi connectivity index (χ0v) is 13.9. The number of anilines is 1. The van der Waals surface area contributed by atoms with E-state index in [9.17, 15) is 9.59 Å². The van der Waals surface area contributed by atoms with Crippen molar-refractivity contribution in [1.82, 2.24) is 4.90 Å². The molecule has 3 atom stereocenters. The van der Waals surface area contributed by atoms with Crippen LogP contribution in [0.15, 0.2) is 24.3 Å². The van der Waals surface area contributed by atoms with Gasteiger partial charge in [0.15, 0.2) is 6.10 Å². The van der Waals surface area contributed by atoms with Crippen molar-refractivity contribution in [3.05, 3.63) is 24.3 Å². The molecule has 24 heavy (non-hydrogen) atoms. The molecule has 5 nitrogen and oxygen atoms in total. The highest BCUT2D eigenvalue weighted by molar-refractivity contribution is 5.99. The van der Waals surface area contributed by atoms with Crippen LogP contribution in [0, 0.1) is 11.8 Å². The number of rotatable bonds is 2. The van der Waals surface area contributed by atoms with E-state index in [1.165, 1.54) is 25.7 Å². The molecule has 3 aliphatic rings. The third-order valence-electron chi connectivity index (χ3n) is 5.71. The van der Waals surface area contributed by atoms with E-state index in [2.05, 4.69) is 5.32 Å². The fourth-order valence-electron chi connectivity index (χ4n) is 4.34. The number of ether oxygens (including phenoxy) is 1. The Hall–Kier alpha value is -2.04. The van der Waals surface area contributed by atoms with Crippen molar-refractivity contribution in [2.75, 3.05) is 18.4 Å². The van der Waals surface area contributed by atoms with Gasteiger partial charge in [0.2, 0.25) is 5.91 Å². The van der Waals surface area contributed by atoms with Gasteiger partial charge in [-0.25, -0.2) is 0 Å². The minimum Gasteiger partial charge on any atom is -0.478 e. The summed E-state index contributed by atoms with van der Waals surface area (Å²) in [5.74, 6) is 1.90. The largest absolute Gasteiger partial charge is 0.478 e. The second kappa shape index (κ2) is 6.46. The number of piperidine rings is 1. The lowest BCUT2D eigenvalue weighted by molar-refractivity contribution is -0.139. The Morgan fingerprint density at radius 3 is 2.83 bits per heavy atom. The molecule has 1 aromatic rings. The predicted molar refractivity (Wildman–Crippen MR) is 90.7 cm³/mol. The zero-order chi connectivity index (χ0) is 16.5.